The van der Waals surface area contributed by atoms with Crippen molar-refractivity contribution >= 4 is 11.6 Å². The van der Waals surface area contributed by atoms with E-state index in [2.05, 4.69) is 9.97 Å². The zero-order chi connectivity index (χ0) is 11.5. The molecule has 0 amide bonds. The number of anilines is 1. The van der Waals surface area contributed by atoms with Crippen LogP contribution in [0.1, 0.15) is 25.6 Å². The van der Waals surface area contributed by atoms with Crippen LogP contribution in [-0.2, 0) is 11.2 Å². The molecular formula is C11H15N3O2. The molecule has 5 heteroatoms. The maximum atomic E-state index is 11.4. The van der Waals surface area contributed by atoms with Crippen LogP contribution in [0, 0.1) is 0 Å². The van der Waals surface area contributed by atoms with Crippen molar-refractivity contribution < 1.29 is 4.79 Å². The summed E-state index contributed by atoms with van der Waals surface area (Å²) >= 11 is 0. The van der Waals surface area contributed by atoms with Crippen molar-refractivity contribution in [1.29, 1.82) is 0 Å². The quantitative estimate of drug-likeness (QED) is 0.789. The molecule has 16 heavy (non-hydrogen) atoms. The molecule has 0 unspecified atom stereocenters. The predicted octanol–water partition coefficient (Wildman–Crippen LogP) is 0.502. The van der Waals surface area contributed by atoms with Crippen molar-refractivity contribution in [2.45, 2.75) is 26.2 Å². The van der Waals surface area contributed by atoms with Crippen molar-refractivity contribution in [2.75, 3.05) is 18.0 Å². The first kappa shape index (κ1) is 10.9. The highest BCUT2D eigenvalue weighted by atomic mass is 16.1. The lowest BCUT2D eigenvalue weighted by Crippen LogP contribution is -2.37. The molecule has 1 fully saturated rings. The van der Waals surface area contributed by atoms with Crippen LogP contribution >= 0.6 is 0 Å². The number of hydrogen-bond acceptors (Lipinski definition) is 4. The number of aryl methyl sites for hydroxylation is 1. The number of aromatic amines is 1. The number of carbonyl (C=O) groups excluding carboxylic acids is 1. The number of nitrogens with one attached hydrogen (secondary N) is 1. The Hall–Kier alpha value is -1.65. The van der Waals surface area contributed by atoms with Gasteiger partial charge in [0.2, 0.25) is 0 Å². The molecule has 1 aromatic rings. The molecule has 0 saturated carbocycles. The Morgan fingerprint density at radius 1 is 1.50 bits per heavy atom. The molecule has 2 heterocycles. The predicted molar refractivity (Wildman–Crippen MR) is 60.7 cm³/mol. The Bertz CT molecular complexity index is 453. The minimum absolute atomic E-state index is 0.153. The number of Topliss-reactive ketones (excluding diaryl/α,β-unsaturated/α-hetero) is 1. The zero-order valence-corrected chi connectivity index (χ0v) is 9.32. The monoisotopic (exact) mass is 221 g/mol. The van der Waals surface area contributed by atoms with Crippen LogP contribution in [0.2, 0.25) is 0 Å². The lowest BCUT2D eigenvalue weighted by molar-refractivity contribution is -0.118. The average molecular weight is 221 g/mol. The number of piperidine rings is 1. The third kappa shape index (κ3) is 2.29. The molecule has 0 atom stereocenters. The maximum absolute atomic E-state index is 11.4. The summed E-state index contributed by atoms with van der Waals surface area (Å²) in [7, 11) is 0. The van der Waals surface area contributed by atoms with Gasteiger partial charge < -0.3 is 9.88 Å². The molecule has 1 N–H and O–H groups in total. The number of nitrogens with zero attached hydrogens (tertiary/aromatic N) is 2. The van der Waals surface area contributed by atoms with Crippen molar-refractivity contribution in [2.24, 2.45) is 0 Å². The summed E-state index contributed by atoms with van der Waals surface area (Å²) in [4.78, 5) is 31.6. The minimum Gasteiger partial charge on any atom is -0.349 e. The van der Waals surface area contributed by atoms with Crippen LogP contribution in [0.25, 0.3) is 0 Å². The van der Waals surface area contributed by atoms with Gasteiger partial charge in [-0.05, 0) is 6.42 Å². The summed E-state index contributed by atoms with van der Waals surface area (Å²) < 4.78 is 0. The first-order chi connectivity index (χ1) is 7.69. The molecule has 1 aliphatic rings. The van der Waals surface area contributed by atoms with E-state index >= 15 is 0 Å². The summed E-state index contributed by atoms with van der Waals surface area (Å²) in [5.74, 6) is 1.50. The highest BCUT2D eigenvalue weighted by Crippen LogP contribution is 2.14. The van der Waals surface area contributed by atoms with Gasteiger partial charge in [-0.25, -0.2) is 4.98 Å². The van der Waals surface area contributed by atoms with E-state index < -0.39 is 0 Å². The van der Waals surface area contributed by atoms with Crippen molar-refractivity contribution in [3.05, 3.63) is 22.2 Å². The number of hydrogen-bond donors (Lipinski definition) is 1. The smallest absolute Gasteiger partial charge is 0.252 e. The Morgan fingerprint density at radius 2 is 2.31 bits per heavy atom. The number of carbonyl (C=O) groups is 1. The van der Waals surface area contributed by atoms with Gasteiger partial charge in [0.15, 0.2) is 5.78 Å². The molecule has 2 rings (SSSR count). The van der Waals surface area contributed by atoms with Crippen LogP contribution in [0.3, 0.4) is 0 Å². The van der Waals surface area contributed by atoms with Gasteiger partial charge in [-0.3, -0.25) is 9.59 Å². The van der Waals surface area contributed by atoms with Crippen molar-refractivity contribution in [1.82, 2.24) is 9.97 Å². The van der Waals surface area contributed by atoms with Crippen LogP contribution in [-0.4, -0.2) is 28.8 Å². The third-order valence-electron chi connectivity index (χ3n) is 2.69. The lowest BCUT2D eigenvalue weighted by atomic mass is 10.1. The van der Waals surface area contributed by atoms with Crippen LogP contribution in [0.15, 0.2) is 10.9 Å². The Kier molecular flexibility index (Phi) is 3.03. The molecular weight excluding hydrogens is 206 g/mol. The van der Waals surface area contributed by atoms with Crippen molar-refractivity contribution in [3.8, 4) is 0 Å². The van der Waals surface area contributed by atoms with Crippen molar-refractivity contribution in [3.63, 3.8) is 0 Å². The molecule has 0 radical (unpaired) electrons. The SMILES string of the molecule is CCc1nc(N2CCCC(=O)C2)cc(=O)[nH]1. The minimum atomic E-state index is -0.153. The molecule has 0 spiro atoms. The van der Waals surface area contributed by atoms with Crippen LogP contribution < -0.4 is 10.5 Å². The molecule has 86 valence electrons. The Labute approximate surface area is 93.5 Å². The van der Waals surface area contributed by atoms with Gasteiger partial charge in [-0.15, -0.1) is 0 Å². The standard InChI is InChI=1S/C11H15N3O2/c1-2-9-12-10(6-11(16)13-9)14-5-3-4-8(15)7-14/h6H,2-5,7H2,1H3,(H,12,13,16). The lowest BCUT2D eigenvalue weighted by Gasteiger charge is -2.26. The molecule has 0 aromatic carbocycles. The van der Waals surface area contributed by atoms with Crippen LogP contribution in [0.5, 0.6) is 0 Å². The fourth-order valence-corrected chi connectivity index (χ4v) is 1.86. The summed E-state index contributed by atoms with van der Waals surface area (Å²) in [6.07, 6.45) is 2.17. The van der Waals surface area contributed by atoms with Gasteiger partial charge in [0.1, 0.15) is 11.6 Å². The fourth-order valence-electron chi connectivity index (χ4n) is 1.86. The van der Waals surface area contributed by atoms with Gasteiger partial charge in [0.25, 0.3) is 5.56 Å². The van der Waals surface area contributed by atoms with E-state index in [0.717, 1.165) is 13.0 Å². The molecule has 5 nitrogen and oxygen atoms in total. The fraction of sp³-hybridized carbons (Fsp3) is 0.545. The first-order valence-electron chi connectivity index (χ1n) is 5.56. The number of H-pyrrole nitrogens is 1. The summed E-state index contributed by atoms with van der Waals surface area (Å²) in [5.41, 5.74) is -0.153. The van der Waals surface area contributed by atoms with E-state index in [1.807, 2.05) is 11.8 Å². The molecule has 1 saturated heterocycles. The zero-order valence-electron chi connectivity index (χ0n) is 9.32. The van der Waals surface area contributed by atoms with E-state index in [4.69, 9.17) is 0 Å². The van der Waals surface area contributed by atoms with E-state index in [9.17, 15) is 9.59 Å². The summed E-state index contributed by atoms with van der Waals surface area (Å²) in [6.45, 7) is 3.11. The highest BCUT2D eigenvalue weighted by Gasteiger charge is 2.18. The highest BCUT2D eigenvalue weighted by molar-refractivity contribution is 5.84. The van der Waals surface area contributed by atoms with Gasteiger partial charge in [-0.1, -0.05) is 6.92 Å². The average Bonchev–Trinajstić information content (AvgIpc) is 2.28. The first-order valence-corrected chi connectivity index (χ1v) is 5.56. The number of rotatable bonds is 2. The van der Waals surface area contributed by atoms with E-state index in [-0.39, 0.29) is 11.3 Å². The second-order valence-corrected chi connectivity index (χ2v) is 3.97. The summed E-state index contributed by atoms with van der Waals surface area (Å²) in [5, 5.41) is 0. The van der Waals surface area contributed by atoms with Gasteiger partial charge in [-0.2, -0.15) is 0 Å². The van der Waals surface area contributed by atoms with Gasteiger partial charge in [0, 0.05) is 25.5 Å². The van der Waals surface area contributed by atoms with Gasteiger partial charge in [0.05, 0.1) is 6.54 Å². The molecule has 0 aliphatic carbocycles. The molecule has 0 bridgehead atoms. The normalized spacial score (nSPS) is 16.6. The van der Waals surface area contributed by atoms with E-state index in [1.165, 1.54) is 6.07 Å². The third-order valence-corrected chi connectivity index (χ3v) is 2.69. The number of ketones is 1. The molecule has 1 aliphatic heterocycles. The van der Waals surface area contributed by atoms with E-state index in [1.54, 1.807) is 0 Å². The second kappa shape index (κ2) is 4.47. The second-order valence-electron chi connectivity index (χ2n) is 3.97. The van der Waals surface area contributed by atoms with Crippen LogP contribution in [0.4, 0.5) is 5.82 Å². The topological polar surface area (TPSA) is 66.1 Å². The van der Waals surface area contributed by atoms with E-state index in [0.29, 0.717) is 31.0 Å². The summed E-state index contributed by atoms with van der Waals surface area (Å²) in [6, 6.07) is 1.46. The Balaban J connectivity index is 2.28. The number of aromatic nitrogens is 2. The maximum Gasteiger partial charge on any atom is 0.252 e. The molecule has 1 aromatic heterocycles. The Morgan fingerprint density at radius 3 is 3.00 bits per heavy atom. The van der Waals surface area contributed by atoms with Gasteiger partial charge >= 0.3 is 0 Å². The largest absolute Gasteiger partial charge is 0.349 e.